The lowest BCUT2D eigenvalue weighted by molar-refractivity contribution is -0.128. The Balaban J connectivity index is 2.41. The van der Waals surface area contributed by atoms with Crippen molar-refractivity contribution < 1.29 is 14.4 Å². The predicted octanol–water partition coefficient (Wildman–Crippen LogP) is 1.03. The van der Waals surface area contributed by atoms with Gasteiger partial charge in [0.25, 0.3) is 0 Å². The molecule has 0 radical (unpaired) electrons. The van der Waals surface area contributed by atoms with Gasteiger partial charge < -0.3 is 4.90 Å². The Bertz CT molecular complexity index is 546. The number of hydrogen-bond donors (Lipinski definition) is 1. The number of barbiturate groups is 1. The van der Waals surface area contributed by atoms with Crippen molar-refractivity contribution in [3.63, 3.8) is 0 Å². The number of amides is 4. The number of nitrogens with zero attached hydrogens (tertiary/aromatic N) is 2. The summed E-state index contributed by atoms with van der Waals surface area (Å²) < 4.78 is 0. The van der Waals surface area contributed by atoms with Crippen molar-refractivity contribution >= 4 is 29.2 Å². The fourth-order valence-electron chi connectivity index (χ4n) is 2.03. The van der Waals surface area contributed by atoms with Gasteiger partial charge >= 0.3 is 6.03 Å². The second-order valence-corrected chi connectivity index (χ2v) is 4.62. The summed E-state index contributed by atoms with van der Waals surface area (Å²) in [4.78, 5) is 37.5. The zero-order chi connectivity index (χ0) is 14.2. The summed E-state index contributed by atoms with van der Waals surface area (Å²) in [6, 6.07) is 4.58. The molecular formula is C13H15N3O3. The first-order valence-corrected chi connectivity index (χ1v) is 5.85. The molecule has 6 nitrogen and oxygen atoms in total. The molecule has 4 amide bonds. The number of imide groups is 2. The summed E-state index contributed by atoms with van der Waals surface area (Å²) in [5.74, 6) is -1.08. The van der Waals surface area contributed by atoms with Gasteiger partial charge in [-0.3, -0.25) is 14.9 Å². The molecule has 0 unspecified atom stereocenters. The highest BCUT2D eigenvalue weighted by Gasteiger charge is 2.32. The molecule has 100 valence electrons. The number of carbonyl (C=O) groups is 3. The average Bonchev–Trinajstić information content (AvgIpc) is 2.29. The van der Waals surface area contributed by atoms with Crippen LogP contribution in [0.5, 0.6) is 0 Å². The van der Waals surface area contributed by atoms with E-state index in [1.54, 1.807) is 12.1 Å². The van der Waals surface area contributed by atoms with Crippen LogP contribution in [-0.4, -0.2) is 31.9 Å². The van der Waals surface area contributed by atoms with E-state index in [-0.39, 0.29) is 6.42 Å². The van der Waals surface area contributed by atoms with Gasteiger partial charge in [-0.1, -0.05) is 6.07 Å². The molecule has 0 atom stereocenters. The zero-order valence-corrected chi connectivity index (χ0v) is 11.1. The maximum absolute atomic E-state index is 11.8. The van der Waals surface area contributed by atoms with E-state index < -0.39 is 17.8 Å². The molecule has 2 rings (SSSR count). The fourth-order valence-corrected chi connectivity index (χ4v) is 2.03. The SMILES string of the molecule is Cc1ccc(N2C(=O)CC(=O)NC2=O)cc1N(C)C. The van der Waals surface area contributed by atoms with Gasteiger partial charge in [-0.05, 0) is 24.6 Å². The summed E-state index contributed by atoms with van der Waals surface area (Å²) >= 11 is 0. The van der Waals surface area contributed by atoms with Crippen LogP contribution in [0, 0.1) is 6.92 Å². The number of benzene rings is 1. The predicted molar refractivity (Wildman–Crippen MR) is 71.1 cm³/mol. The maximum atomic E-state index is 11.8. The van der Waals surface area contributed by atoms with Crippen molar-refractivity contribution in [2.75, 3.05) is 23.9 Å². The van der Waals surface area contributed by atoms with Crippen molar-refractivity contribution in [1.29, 1.82) is 0 Å². The van der Waals surface area contributed by atoms with Gasteiger partial charge in [0.05, 0.1) is 5.69 Å². The van der Waals surface area contributed by atoms with Crippen molar-refractivity contribution in [3.05, 3.63) is 23.8 Å². The molecule has 0 saturated carbocycles. The van der Waals surface area contributed by atoms with Crippen LogP contribution in [0.15, 0.2) is 18.2 Å². The maximum Gasteiger partial charge on any atom is 0.335 e. The van der Waals surface area contributed by atoms with Gasteiger partial charge in [-0.25, -0.2) is 9.69 Å². The highest BCUT2D eigenvalue weighted by Crippen LogP contribution is 2.26. The largest absolute Gasteiger partial charge is 0.377 e. The standard InChI is InChI=1S/C13H15N3O3/c1-8-4-5-9(6-10(8)15(2)3)16-12(18)7-11(17)14-13(16)19/h4-6H,7H2,1-3H3,(H,14,17,19). The molecule has 6 heteroatoms. The van der Waals surface area contributed by atoms with Crippen LogP contribution in [0.4, 0.5) is 16.2 Å². The fraction of sp³-hybridized carbons (Fsp3) is 0.308. The highest BCUT2D eigenvalue weighted by atomic mass is 16.2. The lowest BCUT2D eigenvalue weighted by Crippen LogP contribution is -2.52. The third-order valence-electron chi connectivity index (χ3n) is 2.94. The summed E-state index contributed by atoms with van der Waals surface area (Å²) in [6.07, 6.45) is -0.309. The number of aryl methyl sites for hydroxylation is 1. The van der Waals surface area contributed by atoms with Gasteiger partial charge in [0, 0.05) is 19.8 Å². The van der Waals surface area contributed by atoms with E-state index in [1.807, 2.05) is 32.0 Å². The topological polar surface area (TPSA) is 69.7 Å². The van der Waals surface area contributed by atoms with E-state index in [1.165, 1.54) is 0 Å². The van der Waals surface area contributed by atoms with Crippen molar-refractivity contribution in [1.82, 2.24) is 5.32 Å². The van der Waals surface area contributed by atoms with Crippen LogP contribution in [0.1, 0.15) is 12.0 Å². The Labute approximate surface area is 111 Å². The van der Waals surface area contributed by atoms with Crippen molar-refractivity contribution in [3.8, 4) is 0 Å². The molecule has 0 spiro atoms. The number of rotatable bonds is 2. The summed E-state index contributed by atoms with van der Waals surface area (Å²) in [7, 11) is 3.77. The number of nitrogens with one attached hydrogen (secondary N) is 1. The minimum atomic E-state index is -0.699. The molecule has 1 aliphatic rings. The van der Waals surface area contributed by atoms with Crippen LogP contribution in [0.2, 0.25) is 0 Å². The second kappa shape index (κ2) is 4.72. The molecule has 0 aromatic heterocycles. The number of carbonyl (C=O) groups excluding carboxylic acids is 3. The second-order valence-electron chi connectivity index (χ2n) is 4.62. The quantitative estimate of drug-likeness (QED) is 0.807. The molecule has 1 aromatic carbocycles. The van der Waals surface area contributed by atoms with Crippen LogP contribution in [-0.2, 0) is 9.59 Å². The minimum absolute atomic E-state index is 0.309. The monoisotopic (exact) mass is 261 g/mol. The van der Waals surface area contributed by atoms with Gasteiger partial charge in [-0.2, -0.15) is 0 Å². The molecule has 1 N–H and O–H groups in total. The lowest BCUT2D eigenvalue weighted by Gasteiger charge is -2.26. The summed E-state index contributed by atoms with van der Waals surface area (Å²) in [5, 5.41) is 2.14. The molecule has 0 aliphatic carbocycles. The van der Waals surface area contributed by atoms with Gasteiger partial charge in [0.1, 0.15) is 6.42 Å². The minimum Gasteiger partial charge on any atom is -0.377 e. The number of anilines is 2. The molecule has 1 fully saturated rings. The molecule has 0 bridgehead atoms. The van der Waals surface area contributed by atoms with Crippen LogP contribution in [0.25, 0.3) is 0 Å². The van der Waals surface area contributed by atoms with E-state index in [4.69, 9.17) is 0 Å². The van der Waals surface area contributed by atoms with E-state index in [2.05, 4.69) is 5.32 Å². The van der Waals surface area contributed by atoms with Crippen LogP contribution < -0.4 is 15.1 Å². The molecule has 1 saturated heterocycles. The average molecular weight is 261 g/mol. The highest BCUT2D eigenvalue weighted by molar-refractivity contribution is 6.26. The van der Waals surface area contributed by atoms with E-state index in [0.29, 0.717) is 5.69 Å². The van der Waals surface area contributed by atoms with Crippen LogP contribution in [0.3, 0.4) is 0 Å². The molecule has 1 heterocycles. The van der Waals surface area contributed by atoms with Crippen molar-refractivity contribution in [2.45, 2.75) is 13.3 Å². The molecule has 1 aliphatic heterocycles. The number of hydrogen-bond acceptors (Lipinski definition) is 4. The first-order valence-electron chi connectivity index (χ1n) is 5.85. The number of urea groups is 1. The Morgan fingerprint density at radius 1 is 1.21 bits per heavy atom. The normalized spacial score (nSPS) is 15.5. The Morgan fingerprint density at radius 3 is 2.47 bits per heavy atom. The molecular weight excluding hydrogens is 246 g/mol. The smallest absolute Gasteiger partial charge is 0.335 e. The third kappa shape index (κ3) is 2.42. The van der Waals surface area contributed by atoms with Crippen LogP contribution >= 0.6 is 0 Å². The zero-order valence-electron chi connectivity index (χ0n) is 11.1. The first-order chi connectivity index (χ1) is 8.90. The van der Waals surface area contributed by atoms with E-state index in [9.17, 15) is 14.4 Å². The first kappa shape index (κ1) is 13.1. The summed E-state index contributed by atoms with van der Waals surface area (Å²) in [5.41, 5.74) is 2.41. The Hall–Kier alpha value is -2.37. The summed E-state index contributed by atoms with van der Waals surface area (Å²) in [6.45, 7) is 1.95. The molecule has 1 aromatic rings. The lowest BCUT2D eigenvalue weighted by atomic mass is 10.1. The van der Waals surface area contributed by atoms with Gasteiger partial charge in [0.15, 0.2) is 0 Å². The third-order valence-corrected chi connectivity index (χ3v) is 2.94. The molecule has 19 heavy (non-hydrogen) atoms. The van der Waals surface area contributed by atoms with Gasteiger partial charge in [0.2, 0.25) is 11.8 Å². The van der Waals surface area contributed by atoms with E-state index >= 15 is 0 Å². The Morgan fingerprint density at radius 2 is 1.89 bits per heavy atom. The van der Waals surface area contributed by atoms with Gasteiger partial charge in [-0.15, -0.1) is 0 Å². The van der Waals surface area contributed by atoms with E-state index in [0.717, 1.165) is 16.2 Å². The Kier molecular flexibility index (Phi) is 3.25. The van der Waals surface area contributed by atoms with Crippen molar-refractivity contribution in [2.24, 2.45) is 0 Å².